The van der Waals surface area contributed by atoms with Crippen molar-refractivity contribution in [2.75, 3.05) is 7.05 Å². The zero-order chi connectivity index (χ0) is 11.7. The molecule has 0 bridgehead atoms. The van der Waals surface area contributed by atoms with Crippen LogP contribution in [0.2, 0.25) is 0 Å². The van der Waals surface area contributed by atoms with Crippen LogP contribution in [-0.2, 0) is 9.59 Å². The van der Waals surface area contributed by atoms with Gasteiger partial charge in [0.05, 0.1) is 18.2 Å². The van der Waals surface area contributed by atoms with Gasteiger partial charge in [0.1, 0.15) is 6.04 Å². The van der Waals surface area contributed by atoms with Crippen molar-refractivity contribution in [3.8, 4) is 0 Å². The standard InChI is InChI=1S/C9H10N4O3/c1-13-7(14)2-6(9(13)16)12-8(15)5-3-10-11-4-5/h3-4,6H,2H2,1H3,(H,10,11)(H,12,15). The summed E-state index contributed by atoms with van der Waals surface area (Å²) in [5.74, 6) is -1.10. The lowest BCUT2D eigenvalue weighted by Gasteiger charge is -2.09. The lowest BCUT2D eigenvalue weighted by molar-refractivity contribution is -0.137. The Morgan fingerprint density at radius 3 is 2.88 bits per heavy atom. The molecule has 2 heterocycles. The highest BCUT2D eigenvalue weighted by molar-refractivity contribution is 6.07. The van der Waals surface area contributed by atoms with Gasteiger partial charge in [-0.15, -0.1) is 0 Å². The molecule has 0 aromatic carbocycles. The maximum Gasteiger partial charge on any atom is 0.255 e. The first-order valence-electron chi connectivity index (χ1n) is 4.69. The van der Waals surface area contributed by atoms with Gasteiger partial charge in [-0.2, -0.15) is 5.10 Å². The van der Waals surface area contributed by atoms with Crippen LogP contribution in [0.1, 0.15) is 16.8 Å². The van der Waals surface area contributed by atoms with Crippen molar-refractivity contribution in [1.82, 2.24) is 20.4 Å². The third kappa shape index (κ3) is 1.67. The van der Waals surface area contributed by atoms with E-state index >= 15 is 0 Å². The Hall–Kier alpha value is -2.18. The molecule has 7 nitrogen and oxygen atoms in total. The van der Waals surface area contributed by atoms with E-state index in [-0.39, 0.29) is 18.2 Å². The molecule has 1 aromatic heterocycles. The first-order chi connectivity index (χ1) is 7.59. The number of carbonyl (C=O) groups is 3. The Morgan fingerprint density at radius 2 is 2.38 bits per heavy atom. The van der Waals surface area contributed by atoms with Gasteiger partial charge >= 0.3 is 0 Å². The highest BCUT2D eigenvalue weighted by Crippen LogP contribution is 2.11. The van der Waals surface area contributed by atoms with Crippen LogP contribution < -0.4 is 5.32 Å². The predicted molar refractivity (Wildman–Crippen MR) is 52.2 cm³/mol. The number of amides is 3. The fraction of sp³-hybridized carbons (Fsp3) is 0.333. The van der Waals surface area contributed by atoms with Gasteiger partial charge in [0.2, 0.25) is 5.91 Å². The lowest BCUT2D eigenvalue weighted by Crippen LogP contribution is -2.40. The number of nitrogens with one attached hydrogen (secondary N) is 2. The molecule has 1 saturated heterocycles. The number of aromatic amines is 1. The molecule has 0 spiro atoms. The summed E-state index contributed by atoms with van der Waals surface area (Å²) in [5, 5.41) is 8.59. The van der Waals surface area contributed by atoms with E-state index in [1.54, 1.807) is 0 Å². The molecule has 3 amide bonds. The quantitative estimate of drug-likeness (QED) is 0.621. The summed E-state index contributed by atoms with van der Waals surface area (Å²) in [6, 6.07) is -0.764. The normalized spacial score (nSPS) is 20.3. The number of aromatic nitrogens is 2. The maximum atomic E-state index is 11.6. The number of likely N-dealkylation sites (tertiary alicyclic amines) is 1. The van der Waals surface area contributed by atoms with Crippen LogP contribution in [-0.4, -0.2) is 45.9 Å². The second-order valence-corrected chi connectivity index (χ2v) is 3.51. The zero-order valence-corrected chi connectivity index (χ0v) is 8.56. The molecule has 0 aliphatic carbocycles. The monoisotopic (exact) mass is 222 g/mol. The molecule has 16 heavy (non-hydrogen) atoms. The third-order valence-corrected chi connectivity index (χ3v) is 2.45. The Bertz CT molecular complexity index is 440. The molecule has 0 saturated carbocycles. The molecule has 84 valence electrons. The predicted octanol–water partition coefficient (Wildman–Crippen LogP) is -1.10. The molecule has 1 aromatic rings. The van der Waals surface area contributed by atoms with E-state index in [9.17, 15) is 14.4 Å². The number of hydrogen-bond acceptors (Lipinski definition) is 4. The first kappa shape index (κ1) is 10.3. The molecule has 1 aliphatic rings. The number of nitrogens with zero attached hydrogens (tertiary/aromatic N) is 2. The fourth-order valence-electron chi connectivity index (χ4n) is 1.48. The van der Waals surface area contributed by atoms with E-state index in [0.29, 0.717) is 5.56 Å². The van der Waals surface area contributed by atoms with Crippen LogP contribution in [0, 0.1) is 0 Å². The van der Waals surface area contributed by atoms with Crippen LogP contribution in [0.25, 0.3) is 0 Å². The van der Waals surface area contributed by atoms with Crippen LogP contribution in [0.4, 0.5) is 0 Å². The fourth-order valence-corrected chi connectivity index (χ4v) is 1.48. The summed E-state index contributed by atoms with van der Waals surface area (Å²) in [5.41, 5.74) is 0.329. The van der Waals surface area contributed by atoms with E-state index in [1.165, 1.54) is 19.4 Å². The molecule has 0 radical (unpaired) electrons. The van der Waals surface area contributed by atoms with Gasteiger partial charge in [-0.1, -0.05) is 0 Å². The van der Waals surface area contributed by atoms with Crippen LogP contribution >= 0.6 is 0 Å². The minimum Gasteiger partial charge on any atom is -0.340 e. The molecule has 1 aliphatic heterocycles. The van der Waals surface area contributed by atoms with Gasteiger partial charge in [0.15, 0.2) is 0 Å². The average molecular weight is 222 g/mol. The van der Waals surface area contributed by atoms with Gasteiger partial charge < -0.3 is 5.32 Å². The van der Waals surface area contributed by atoms with E-state index < -0.39 is 11.9 Å². The van der Waals surface area contributed by atoms with Crippen LogP contribution in [0.5, 0.6) is 0 Å². The molecule has 1 unspecified atom stereocenters. The summed E-state index contributed by atoms with van der Waals surface area (Å²) >= 11 is 0. The SMILES string of the molecule is CN1C(=O)CC(NC(=O)c2cn[nH]c2)C1=O. The summed E-state index contributed by atoms with van der Waals surface area (Å²) in [6.45, 7) is 0. The highest BCUT2D eigenvalue weighted by atomic mass is 16.2. The minimum atomic E-state index is -0.764. The molecule has 2 rings (SSSR count). The van der Waals surface area contributed by atoms with Crippen molar-refractivity contribution in [1.29, 1.82) is 0 Å². The smallest absolute Gasteiger partial charge is 0.255 e. The number of H-pyrrole nitrogens is 1. The second-order valence-electron chi connectivity index (χ2n) is 3.51. The number of carbonyl (C=O) groups excluding carboxylic acids is 3. The Balaban J connectivity index is 2.04. The lowest BCUT2D eigenvalue weighted by atomic mass is 10.2. The van der Waals surface area contributed by atoms with Gasteiger partial charge in [0.25, 0.3) is 11.8 Å². The van der Waals surface area contributed by atoms with Crippen molar-refractivity contribution < 1.29 is 14.4 Å². The summed E-state index contributed by atoms with van der Waals surface area (Å²) in [7, 11) is 1.40. The Kier molecular flexibility index (Phi) is 2.43. The molecular formula is C9H10N4O3. The van der Waals surface area contributed by atoms with Gasteiger partial charge in [-0.3, -0.25) is 24.4 Å². The van der Waals surface area contributed by atoms with E-state index in [1.807, 2.05) is 0 Å². The van der Waals surface area contributed by atoms with E-state index in [0.717, 1.165) is 4.90 Å². The summed E-state index contributed by atoms with van der Waals surface area (Å²) in [4.78, 5) is 35.3. The molecule has 7 heteroatoms. The number of hydrogen-bond donors (Lipinski definition) is 2. The topological polar surface area (TPSA) is 95.2 Å². The van der Waals surface area contributed by atoms with Gasteiger partial charge in [0, 0.05) is 13.2 Å². The van der Waals surface area contributed by atoms with Gasteiger partial charge in [-0.05, 0) is 0 Å². The average Bonchev–Trinajstić information content (AvgIpc) is 2.85. The van der Waals surface area contributed by atoms with Gasteiger partial charge in [-0.25, -0.2) is 0 Å². The third-order valence-electron chi connectivity index (χ3n) is 2.45. The Morgan fingerprint density at radius 1 is 1.62 bits per heavy atom. The highest BCUT2D eigenvalue weighted by Gasteiger charge is 2.37. The van der Waals surface area contributed by atoms with Crippen molar-refractivity contribution >= 4 is 17.7 Å². The van der Waals surface area contributed by atoms with Crippen molar-refractivity contribution in [3.63, 3.8) is 0 Å². The van der Waals surface area contributed by atoms with E-state index in [2.05, 4.69) is 15.5 Å². The van der Waals surface area contributed by atoms with Crippen molar-refractivity contribution in [2.45, 2.75) is 12.5 Å². The number of rotatable bonds is 2. The maximum absolute atomic E-state index is 11.6. The molecule has 1 atom stereocenters. The summed E-state index contributed by atoms with van der Waals surface area (Å²) < 4.78 is 0. The van der Waals surface area contributed by atoms with Crippen LogP contribution in [0.15, 0.2) is 12.4 Å². The zero-order valence-electron chi connectivity index (χ0n) is 8.56. The molecule has 1 fully saturated rings. The van der Waals surface area contributed by atoms with E-state index in [4.69, 9.17) is 0 Å². The minimum absolute atomic E-state index is 0.0128. The summed E-state index contributed by atoms with van der Waals surface area (Å²) in [6.07, 6.45) is 2.78. The Labute approximate surface area is 90.8 Å². The number of imide groups is 1. The molecular weight excluding hydrogens is 212 g/mol. The number of likely N-dealkylation sites (N-methyl/N-ethyl adjacent to an activating group) is 1. The van der Waals surface area contributed by atoms with Crippen molar-refractivity contribution in [3.05, 3.63) is 18.0 Å². The molecule has 2 N–H and O–H groups in total. The largest absolute Gasteiger partial charge is 0.340 e. The second kappa shape index (κ2) is 3.76. The van der Waals surface area contributed by atoms with Crippen molar-refractivity contribution in [2.24, 2.45) is 0 Å². The first-order valence-corrected chi connectivity index (χ1v) is 4.69. The van der Waals surface area contributed by atoms with Crippen LogP contribution in [0.3, 0.4) is 0 Å².